The van der Waals surface area contributed by atoms with Crippen LogP contribution in [0, 0.1) is 11.3 Å². The van der Waals surface area contributed by atoms with Gasteiger partial charge in [0.1, 0.15) is 17.9 Å². The second-order valence-corrected chi connectivity index (χ2v) is 4.96. The van der Waals surface area contributed by atoms with E-state index in [2.05, 4.69) is 0 Å². The molecule has 1 atom stereocenters. The maximum Gasteiger partial charge on any atom is 0.344 e. The predicted molar refractivity (Wildman–Crippen MR) is 82.6 cm³/mol. The summed E-state index contributed by atoms with van der Waals surface area (Å²) in [5.41, 5.74) is 1.10. The van der Waals surface area contributed by atoms with Crippen LogP contribution in [-0.2, 0) is 9.53 Å². The monoisotopic (exact) mass is 315 g/mol. The lowest BCUT2D eigenvalue weighted by Crippen LogP contribution is -2.17. The van der Waals surface area contributed by atoms with Crippen molar-refractivity contribution in [2.45, 2.75) is 13.0 Å². The van der Waals surface area contributed by atoms with Crippen LogP contribution in [0.2, 0.25) is 5.02 Å². The first kappa shape index (κ1) is 15.9. The molecule has 0 radical (unpaired) electrons. The number of hydrogen-bond acceptors (Lipinski definition) is 4. The average Bonchev–Trinajstić information content (AvgIpc) is 2.53. The van der Waals surface area contributed by atoms with Crippen molar-refractivity contribution in [3.05, 3.63) is 64.7 Å². The van der Waals surface area contributed by atoms with Gasteiger partial charge in [-0.05, 0) is 25.1 Å². The Morgan fingerprint density at radius 3 is 2.64 bits per heavy atom. The van der Waals surface area contributed by atoms with E-state index in [0.717, 1.165) is 5.56 Å². The third kappa shape index (κ3) is 4.00. The van der Waals surface area contributed by atoms with Crippen LogP contribution in [0.4, 0.5) is 0 Å². The largest absolute Gasteiger partial charge is 0.481 e. The first-order valence-corrected chi connectivity index (χ1v) is 7.05. The van der Waals surface area contributed by atoms with Crippen LogP contribution in [-0.4, -0.2) is 12.6 Å². The molecular weight excluding hydrogens is 302 g/mol. The zero-order valence-electron chi connectivity index (χ0n) is 12.0. The van der Waals surface area contributed by atoms with Crippen molar-refractivity contribution >= 4 is 17.6 Å². The zero-order chi connectivity index (χ0) is 15.9. The fraction of sp³-hybridized carbons (Fsp3) is 0.176. The van der Waals surface area contributed by atoms with Crippen molar-refractivity contribution in [1.82, 2.24) is 0 Å². The fourth-order valence-corrected chi connectivity index (χ4v) is 2.21. The highest BCUT2D eigenvalue weighted by molar-refractivity contribution is 6.31. The van der Waals surface area contributed by atoms with E-state index in [4.69, 9.17) is 26.3 Å². The number of esters is 1. The number of benzene rings is 2. The Morgan fingerprint density at radius 2 is 1.91 bits per heavy atom. The van der Waals surface area contributed by atoms with Gasteiger partial charge in [-0.3, -0.25) is 0 Å². The van der Waals surface area contributed by atoms with Gasteiger partial charge in [0.15, 0.2) is 6.61 Å². The lowest BCUT2D eigenvalue weighted by atomic mass is 10.1. The van der Waals surface area contributed by atoms with E-state index >= 15 is 0 Å². The molecule has 0 amide bonds. The molecule has 0 unspecified atom stereocenters. The van der Waals surface area contributed by atoms with Gasteiger partial charge in [0.2, 0.25) is 0 Å². The molecule has 0 fully saturated rings. The summed E-state index contributed by atoms with van der Waals surface area (Å²) in [6, 6.07) is 15.9. The summed E-state index contributed by atoms with van der Waals surface area (Å²) >= 11 is 6.06. The summed E-state index contributed by atoms with van der Waals surface area (Å²) in [4.78, 5) is 11.8. The van der Waals surface area contributed by atoms with Crippen LogP contribution >= 0.6 is 11.6 Å². The molecule has 0 aliphatic rings. The Labute approximate surface area is 133 Å². The molecule has 0 bridgehead atoms. The molecule has 2 aromatic rings. The van der Waals surface area contributed by atoms with Gasteiger partial charge in [-0.2, -0.15) is 5.26 Å². The first-order chi connectivity index (χ1) is 10.6. The van der Waals surface area contributed by atoms with Gasteiger partial charge in [-0.1, -0.05) is 41.9 Å². The van der Waals surface area contributed by atoms with Crippen LogP contribution in [0.1, 0.15) is 24.2 Å². The van der Waals surface area contributed by atoms with Gasteiger partial charge in [-0.15, -0.1) is 0 Å². The number of halogens is 1. The van der Waals surface area contributed by atoms with Crippen molar-refractivity contribution in [3.63, 3.8) is 0 Å². The van der Waals surface area contributed by atoms with Crippen LogP contribution in [0.15, 0.2) is 48.5 Å². The number of nitrogens with zero attached hydrogens (tertiary/aromatic N) is 1. The van der Waals surface area contributed by atoms with Gasteiger partial charge >= 0.3 is 5.97 Å². The topological polar surface area (TPSA) is 59.3 Å². The van der Waals surface area contributed by atoms with Gasteiger partial charge in [0.05, 0.1) is 5.56 Å². The van der Waals surface area contributed by atoms with Crippen molar-refractivity contribution in [2.24, 2.45) is 0 Å². The highest BCUT2D eigenvalue weighted by Gasteiger charge is 2.15. The molecule has 112 valence electrons. The molecular formula is C17H14ClNO3. The van der Waals surface area contributed by atoms with Crippen LogP contribution < -0.4 is 4.74 Å². The van der Waals surface area contributed by atoms with E-state index in [-0.39, 0.29) is 6.61 Å². The van der Waals surface area contributed by atoms with Crippen molar-refractivity contribution < 1.29 is 14.3 Å². The molecule has 0 aliphatic carbocycles. The molecule has 4 nitrogen and oxygen atoms in total. The lowest BCUT2D eigenvalue weighted by Gasteiger charge is -2.15. The predicted octanol–water partition coefficient (Wildman–Crippen LogP) is 3.89. The third-order valence-electron chi connectivity index (χ3n) is 3.00. The highest BCUT2D eigenvalue weighted by Crippen LogP contribution is 2.25. The Hall–Kier alpha value is -2.51. The standard InChI is InChI=1S/C17H14ClNO3/c1-12(14-7-3-4-8-15(14)18)22-17(20)11-21-16-9-5-2-6-13(16)10-19/h2-9,12H,11H2,1H3/t12-/m0/s1. The number of hydrogen-bond donors (Lipinski definition) is 0. The van der Waals surface area contributed by atoms with Crippen LogP contribution in [0.3, 0.4) is 0 Å². The SMILES string of the molecule is C[C@H](OC(=O)COc1ccccc1C#N)c1ccccc1Cl. The summed E-state index contributed by atoms with van der Waals surface area (Å²) in [5.74, 6) is -0.174. The number of carbonyl (C=O) groups excluding carboxylic acids is 1. The van der Waals surface area contributed by atoms with Crippen molar-refractivity contribution in [1.29, 1.82) is 5.26 Å². The summed E-state index contributed by atoms with van der Waals surface area (Å²) in [7, 11) is 0. The number of carbonyl (C=O) groups is 1. The Bertz CT molecular complexity index is 709. The van der Waals surface area contributed by atoms with E-state index in [1.54, 1.807) is 43.3 Å². The smallest absolute Gasteiger partial charge is 0.344 e. The van der Waals surface area contributed by atoms with E-state index in [9.17, 15) is 4.79 Å². The minimum atomic E-state index is -0.528. The molecule has 2 aromatic carbocycles. The van der Waals surface area contributed by atoms with Crippen molar-refractivity contribution in [2.75, 3.05) is 6.61 Å². The minimum Gasteiger partial charge on any atom is -0.481 e. The lowest BCUT2D eigenvalue weighted by molar-refractivity contribution is -0.151. The molecule has 0 saturated carbocycles. The molecule has 0 aliphatic heterocycles. The molecule has 0 aromatic heterocycles. The van der Waals surface area contributed by atoms with Crippen LogP contribution in [0.25, 0.3) is 0 Å². The number of rotatable bonds is 5. The van der Waals surface area contributed by atoms with Gasteiger partial charge in [0, 0.05) is 10.6 Å². The van der Waals surface area contributed by atoms with E-state index < -0.39 is 12.1 Å². The number of para-hydroxylation sites is 1. The van der Waals surface area contributed by atoms with Gasteiger partial charge in [-0.25, -0.2) is 4.79 Å². The molecule has 5 heteroatoms. The number of nitriles is 1. The quantitative estimate of drug-likeness (QED) is 0.785. The third-order valence-corrected chi connectivity index (χ3v) is 3.35. The summed E-state index contributed by atoms with van der Waals surface area (Å²) in [6.07, 6.45) is -0.476. The first-order valence-electron chi connectivity index (χ1n) is 6.67. The second-order valence-electron chi connectivity index (χ2n) is 4.55. The maximum atomic E-state index is 11.8. The fourth-order valence-electron chi connectivity index (χ4n) is 1.92. The number of ether oxygens (including phenoxy) is 2. The van der Waals surface area contributed by atoms with E-state index in [1.807, 2.05) is 18.2 Å². The maximum absolute atomic E-state index is 11.8. The molecule has 0 spiro atoms. The second kappa shape index (κ2) is 7.48. The Balaban J connectivity index is 1.94. The van der Waals surface area contributed by atoms with Gasteiger partial charge < -0.3 is 9.47 Å². The molecule has 2 rings (SSSR count). The summed E-state index contributed by atoms with van der Waals surface area (Å²) in [6.45, 7) is 1.47. The Kier molecular flexibility index (Phi) is 5.40. The minimum absolute atomic E-state index is 0.270. The summed E-state index contributed by atoms with van der Waals surface area (Å²) in [5, 5.41) is 9.49. The molecule has 0 N–H and O–H groups in total. The molecule has 22 heavy (non-hydrogen) atoms. The van der Waals surface area contributed by atoms with E-state index in [1.165, 1.54) is 0 Å². The van der Waals surface area contributed by atoms with Gasteiger partial charge in [0.25, 0.3) is 0 Å². The zero-order valence-corrected chi connectivity index (χ0v) is 12.7. The molecule has 0 heterocycles. The van der Waals surface area contributed by atoms with Crippen molar-refractivity contribution in [3.8, 4) is 11.8 Å². The highest BCUT2D eigenvalue weighted by atomic mass is 35.5. The van der Waals surface area contributed by atoms with E-state index in [0.29, 0.717) is 16.3 Å². The van der Waals surface area contributed by atoms with Crippen LogP contribution in [0.5, 0.6) is 5.75 Å². The normalized spacial score (nSPS) is 11.3. The summed E-state index contributed by atoms with van der Waals surface area (Å²) < 4.78 is 10.6. The average molecular weight is 316 g/mol. The molecule has 0 saturated heterocycles. The Morgan fingerprint density at radius 1 is 1.23 bits per heavy atom.